The van der Waals surface area contributed by atoms with Gasteiger partial charge in [0.2, 0.25) is 0 Å². The lowest BCUT2D eigenvalue weighted by Crippen LogP contribution is -2.31. The molecule has 3 heteroatoms. The minimum atomic E-state index is -0.506. The van der Waals surface area contributed by atoms with Crippen LogP contribution in [-0.2, 0) is 9.53 Å². The Bertz CT molecular complexity index is 112. The largest absolute Gasteiger partial charge is 0.462 e. The summed E-state index contributed by atoms with van der Waals surface area (Å²) in [5.41, 5.74) is 5.26. The monoisotopic (exact) mass is 145 g/mol. The fraction of sp³-hybridized carbons (Fsp3) is 0.857. The van der Waals surface area contributed by atoms with Crippen LogP contribution in [-0.4, -0.2) is 18.1 Å². The van der Waals surface area contributed by atoms with E-state index in [9.17, 15) is 4.79 Å². The molecule has 10 heavy (non-hydrogen) atoms. The molecule has 0 rings (SSSR count). The minimum Gasteiger partial charge on any atom is -0.462 e. The fourth-order valence-corrected chi connectivity index (χ4v) is 0.389. The first-order chi connectivity index (χ1) is 4.57. The highest BCUT2D eigenvalue weighted by Crippen LogP contribution is 1.97. The van der Waals surface area contributed by atoms with Crippen molar-refractivity contribution in [1.29, 1.82) is 0 Å². The van der Waals surface area contributed by atoms with Crippen molar-refractivity contribution in [3.05, 3.63) is 0 Å². The van der Waals surface area contributed by atoms with Crippen molar-refractivity contribution >= 4 is 5.97 Å². The molecule has 0 fully saturated rings. The topological polar surface area (TPSA) is 52.3 Å². The van der Waals surface area contributed by atoms with E-state index in [1.54, 1.807) is 6.92 Å². The predicted octanol–water partition coefficient (Wildman–Crippen LogP) is 0.675. The second kappa shape index (κ2) is 4.28. The van der Waals surface area contributed by atoms with Gasteiger partial charge in [-0.25, -0.2) is 0 Å². The predicted molar refractivity (Wildman–Crippen MR) is 39.5 cm³/mol. The SMILES string of the molecule is CCC(C)OC(=O)[C@@H](C)N. The van der Waals surface area contributed by atoms with Gasteiger partial charge in [0.1, 0.15) is 6.04 Å². The number of carbonyl (C=O) groups excluding carboxylic acids is 1. The van der Waals surface area contributed by atoms with Gasteiger partial charge in [0.05, 0.1) is 6.10 Å². The standard InChI is InChI=1S/C7H15NO2/c1-4-5(2)10-7(9)6(3)8/h5-6H,4,8H2,1-3H3/t5?,6-/m1/s1. The van der Waals surface area contributed by atoms with Gasteiger partial charge < -0.3 is 10.5 Å². The zero-order valence-electron chi connectivity index (χ0n) is 6.76. The molecule has 2 atom stereocenters. The van der Waals surface area contributed by atoms with Gasteiger partial charge in [0.25, 0.3) is 0 Å². The molecular weight excluding hydrogens is 130 g/mol. The number of nitrogens with two attached hydrogens (primary N) is 1. The Hall–Kier alpha value is -0.570. The maximum Gasteiger partial charge on any atom is 0.322 e. The van der Waals surface area contributed by atoms with Gasteiger partial charge in [0.15, 0.2) is 0 Å². The molecule has 0 spiro atoms. The van der Waals surface area contributed by atoms with Gasteiger partial charge in [-0.1, -0.05) is 6.92 Å². The molecule has 3 nitrogen and oxygen atoms in total. The van der Waals surface area contributed by atoms with E-state index in [0.717, 1.165) is 6.42 Å². The third-order valence-corrected chi connectivity index (χ3v) is 1.26. The van der Waals surface area contributed by atoms with E-state index in [1.165, 1.54) is 0 Å². The molecule has 60 valence electrons. The molecule has 0 aliphatic rings. The number of hydrogen-bond donors (Lipinski definition) is 1. The van der Waals surface area contributed by atoms with Crippen LogP contribution in [0.15, 0.2) is 0 Å². The number of hydrogen-bond acceptors (Lipinski definition) is 3. The zero-order valence-corrected chi connectivity index (χ0v) is 6.76. The Morgan fingerprint density at radius 2 is 2.10 bits per heavy atom. The van der Waals surface area contributed by atoms with Crippen molar-refractivity contribution in [1.82, 2.24) is 0 Å². The summed E-state index contributed by atoms with van der Waals surface area (Å²) in [5.74, 6) is -0.325. The summed E-state index contributed by atoms with van der Waals surface area (Å²) in [6, 6.07) is -0.506. The highest BCUT2D eigenvalue weighted by molar-refractivity contribution is 5.75. The number of carbonyl (C=O) groups is 1. The van der Waals surface area contributed by atoms with E-state index in [2.05, 4.69) is 0 Å². The van der Waals surface area contributed by atoms with E-state index in [0.29, 0.717) is 0 Å². The average molecular weight is 145 g/mol. The summed E-state index contributed by atoms with van der Waals surface area (Å²) in [7, 11) is 0. The van der Waals surface area contributed by atoms with Crippen LogP contribution >= 0.6 is 0 Å². The molecule has 0 aromatic carbocycles. The molecular formula is C7H15NO2. The molecule has 0 amide bonds. The molecule has 0 aliphatic heterocycles. The van der Waals surface area contributed by atoms with Gasteiger partial charge in [-0.2, -0.15) is 0 Å². The molecule has 0 bridgehead atoms. The van der Waals surface area contributed by atoms with Gasteiger partial charge in [0, 0.05) is 0 Å². The van der Waals surface area contributed by atoms with Crippen LogP contribution in [0.4, 0.5) is 0 Å². The first-order valence-corrected chi connectivity index (χ1v) is 3.54. The van der Waals surface area contributed by atoms with Crippen LogP contribution in [0.5, 0.6) is 0 Å². The highest BCUT2D eigenvalue weighted by atomic mass is 16.5. The molecule has 0 aliphatic carbocycles. The molecule has 0 heterocycles. The summed E-state index contributed by atoms with van der Waals surface area (Å²) in [6.45, 7) is 5.42. The third kappa shape index (κ3) is 3.45. The highest BCUT2D eigenvalue weighted by Gasteiger charge is 2.11. The summed E-state index contributed by atoms with van der Waals surface area (Å²) in [5, 5.41) is 0. The lowest BCUT2D eigenvalue weighted by atomic mass is 10.3. The van der Waals surface area contributed by atoms with Crippen LogP contribution in [0.3, 0.4) is 0 Å². The van der Waals surface area contributed by atoms with E-state index in [-0.39, 0.29) is 12.1 Å². The molecule has 2 N–H and O–H groups in total. The first kappa shape index (κ1) is 9.43. The second-order valence-electron chi connectivity index (χ2n) is 2.44. The quantitative estimate of drug-likeness (QED) is 0.594. The van der Waals surface area contributed by atoms with Gasteiger partial charge >= 0.3 is 5.97 Å². The maximum absolute atomic E-state index is 10.8. The molecule has 1 unspecified atom stereocenters. The summed E-state index contributed by atoms with van der Waals surface area (Å²) < 4.78 is 4.90. The average Bonchev–Trinajstić information content (AvgIpc) is 1.87. The number of esters is 1. The van der Waals surface area contributed by atoms with E-state index < -0.39 is 6.04 Å². The first-order valence-electron chi connectivity index (χ1n) is 3.54. The van der Waals surface area contributed by atoms with Crippen molar-refractivity contribution in [3.63, 3.8) is 0 Å². The lowest BCUT2D eigenvalue weighted by Gasteiger charge is -2.11. The Morgan fingerprint density at radius 3 is 2.40 bits per heavy atom. The Balaban J connectivity index is 3.57. The Kier molecular flexibility index (Phi) is 4.03. The second-order valence-corrected chi connectivity index (χ2v) is 2.44. The summed E-state index contributed by atoms with van der Waals surface area (Å²) in [6.07, 6.45) is 0.817. The third-order valence-electron chi connectivity index (χ3n) is 1.26. The summed E-state index contributed by atoms with van der Waals surface area (Å²) in [4.78, 5) is 10.8. The molecule has 0 saturated heterocycles. The maximum atomic E-state index is 10.8. The van der Waals surface area contributed by atoms with Gasteiger partial charge in [-0.3, -0.25) is 4.79 Å². The minimum absolute atomic E-state index is 0.0153. The smallest absolute Gasteiger partial charge is 0.322 e. The van der Waals surface area contributed by atoms with Crippen LogP contribution in [0, 0.1) is 0 Å². The molecule has 0 saturated carbocycles. The van der Waals surface area contributed by atoms with Crippen molar-refractivity contribution in [2.24, 2.45) is 5.73 Å². The number of rotatable bonds is 3. The molecule has 0 aromatic rings. The summed E-state index contributed by atoms with van der Waals surface area (Å²) >= 11 is 0. The van der Waals surface area contributed by atoms with E-state index in [1.807, 2.05) is 13.8 Å². The Morgan fingerprint density at radius 1 is 1.60 bits per heavy atom. The lowest BCUT2D eigenvalue weighted by molar-refractivity contribution is -0.149. The van der Waals surface area contributed by atoms with E-state index >= 15 is 0 Å². The van der Waals surface area contributed by atoms with Gasteiger partial charge in [-0.15, -0.1) is 0 Å². The Labute approximate surface area is 61.5 Å². The van der Waals surface area contributed by atoms with Gasteiger partial charge in [-0.05, 0) is 20.3 Å². The normalized spacial score (nSPS) is 16.0. The van der Waals surface area contributed by atoms with Crippen molar-refractivity contribution in [2.75, 3.05) is 0 Å². The van der Waals surface area contributed by atoms with Crippen molar-refractivity contribution in [3.8, 4) is 0 Å². The van der Waals surface area contributed by atoms with E-state index in [4.69, 9.17) is 10.5 Å². The van der Waals surface area contributed by atoms with Crippen LogP contribution < -0.4 is 5.73 Å². The number of ether oxygens (including phenoxy) is 1. The molecule has 0 aromatic heterocycles. The van der Waals surface area contributed by atoms with Crippen LogP contribution in [0.1, 0.15) is 27.2 Å². The zero-order chi connectivity index (χ0) is 8.15. The van der Waals surface area contributed by atoms with Crippen LogP contribution in [0.25, 0.3) is 0 Å². The van der Waals surface area contributed by atoms with Crippen molar-refractivity contribution in [2.45, 2.75) is 39.3 Å². The van der Waals surface area contributed by atoms with Crippen LogP contribution in [0.2, 0.25) is 0 Å². The van der Waals surface area contributed by atoms with Crippen molar-refractivity contribution < 1.29 is 9.53 Å². The molecule has 0 radical (unpaired) electrons. The fourth-order valence-electron chi connectivity index (χ4n) is 0.389.